The van der Waals surface area contributed by atoms with Crippen molar-refractivity contribution in [3.63, 3.8) is 0 Å². The highest BCUT2D eigenvalue weighted by molar-refractivity contribution is 5.67. The molecule has 0 N–H and O–H groups in total. The van der Waals surface area contributed by atoms with E-state index in [0.717, 1.165) is 84.4 Å². The first kappa shape index (κ1) is 84.4. The van der Waals surface area contributed by atoms with Crippen LogP contribution in [0.5, 0.6) is 0 Å². The fraction of sp³-hybridized carbons (Fsp3) is 0.0882. The first-order valence-electron chi connectivity index (χ1n) is 38.2. The van der Waals surface area contributed by atoms with E-state index < -0.39 is 0 Å². The molecule has 576 valence electrons. The van der Waals surface area contributed by atoms with Crippen molar-refractivity contribution >= 4 is 0 Å². The molecule has 0 fully saturated rings. The summed E-state index contributed by atoms with van der Waals surface area (Å²) in [6, 6.07) is 87.1. The molecule has 15 heteroatoms. The molecule has 0 aliphatic heterocycles. The highest BCUT2D eigenvalue weighted by Crippen LogP contribution is 2.24. The molecule has 15 nitrogen and oxygen atoms in total. The molecule has 0 spiro atoms. The lowest BCUT2D eigenvalue weighted by Crippen LogP contribution is -1.86. The van der Waals surface area contributed by atoms with Crippen molar-refractivity contribution in [2.75, 3.05) is 0 Å². The third kappa shape index (κ3) is 29.5. The topological polar surface area (TPSA) is 193 Å². The molecule has 0 unspecified atom stereocenters. The Labute approximate surface area is 687 Å². The minimum absolute atomic E-state index is 0.922. The number of aryl methyl sites for hydroxylation is 9. The SMILES string of the molecule is Cc1cc(-c2ccccc2)ccn1.Cc1ccnc(-c2ccccc2)c1.Cc1ccnc(-c2ccccn2)c1.Cc1ccnc(-c2cccnc2)c1.Cc1ccnc(-c2ccncc2)c1.Cc1cncc(-c2ccccc2)c1.Cc1cncc(-c2ccccn2)c1.Cc1cncc(-c2cccnc2)c1.Cc1cncc(-c2ccncc2)c1. The molecule has 0 bridgehead atoms. The number of pyridine rings is 15. The lowest BCUT2D eigenvalue weighted by Gasteiger charge is -2.00. The number of rotatable bonds is 9. The molecular formula is C102H93N15. The summed E-state index contributed by atoms with van der Waals surface area (Å²) in [4.78, 5) is 62.4. The second kappa shape index (κ2) is 46.7. The van der Waals surface area contributed by atoms with Crippen molar-refractivity contribution in [3.05, 3.63) is 454 Å². The predicted octanol–water partition coefficient (Wildman–Crippen LogP) is 23.9. The van der Waals surface area contributed by atoms with E-state index in [9.17, 15) is 0 Å². The van der Waals surface area contributed by atoms with E-state index in [-0.39, 0.29) is 0 Å². The van der Waals surface area contributed by atoms with Gasteiger partial charge in [0, 0.05) is 193 Å². The first-order valence-corrected chi connectivity index (χ1v) is 38.2. The van der Waals surface area contributed by atoms with Gasteiger partial charge in [-0.2, -0.15) is 0 Å². The predicted molar refractivity (Wildman–Crippen MR) is 476 cm³/mol. The van der Waals surface area contributed by atoms with Crippen molar-refractivity contribution in [2.45, 2.75) is 62.3 Å². The minimum Gasteiger partial charge on any atom is -0.265 e. The monoisotopic (exact) mass is 1530 g/mol. The third-order valence-corrected chi connectivity index (χ3v) is 17.2. The third-order valence-electron chi connectivity index (χ3n) is 17.2. The fourth-order valence-corrected chi connectivity index (χ4v) is 11.3. The average molecular weight is 1530 g/mol. The zero-order chi connectivity index (χ0) is 81.9. The number of aromatic nitrogens is 15. The van der Waals surface area contributed by atoms with Crippen LogP contribution in [-0.2, 0) is 0 Å². The molecule has 0 radical (unpaired) electrons. The Balaban J connectivity index is 0.000000139. The largest absolute Gasteiger partial charge is 0.265 e. The van der Waals surface area contributed by atoms with E-state index in [1.165, 1.54) is 66.8 Å². The summed E-state index contributed by atoms with van der Waals surface area (Å²) in [6.45, 7) is 18.4. The van der Waals surface area contributed by atoms with E-state index >= 15 is 0 Å². The Morgan fingerprint density at radius 1 is 0.137 bits per heavy atom. The molecule has 0 saturated heterocycles. The van der Waals surface area contributed by atoms with Gasteiger partial charge >= 0.3 is 0 Å². The van der Waals surface area contributed by atoms with Crippen LogP contribution in [0.4, 0.5) is 0 Å². The van der Waals surface area contributed by atoms with Crippen LogP contribution in [-0.4, -0.2) is 74.8 Å². The van der Waals surface area contributed by atoms with Crippen LogP contribution in [0.25, 0.3) is 101 Å². The molecule has 0 aliphatic carbocycles. The van der Waals surface area contributed by atoms with Crippen LogP contribution >= 0.6 is 0 Å². The molecule has 0 saturated carbocycles. The van der Waals surface area contributed by atoms with E-state index in [0.29, 0.717) is 0 Å². The van der Waals surface area contributed by atoms with Crippen LogP contribution in [0.15, 0.2) is 403 Å². The zero-order valence-electron chi connectivity index (χ0n) is 67.3. The van der Waals surface area contributed by atoms with Crippen molar-refractivity contribution in [2.24, 2.45) is 0 Å². The Morgan fingerprint density at radius 3 is 0.855 bits per heavy atom. The lowest BCUT2D eigenvalue weighted by atomic mass is 10.1. The maximum atomic E-state index is 4.31. The quantitative estimate of drug-likeness (QED) is 0.132. The van der Waals surface area contributed by atoms with Gasteiger partial charge in [-0.15, -0.1) is 0 Å². The van der Waals surface area contributed by atoms with Crippen molar-refractivity contribution < 1.29 is 0 Å². The van der Waals surface area contributed by atoms with Gasteiger partial charge in [0.2, 0.25) is 0 Å². The Hall–Kier alpha value is -15.1. The van der Waals surface area contributed by atoms with Crippen LogP contribution in [0.1, 0.15) is 50.2 Å². The van der Waals surface area contributed by atoms with E-state index in [1.807, 2.05) is 297 Å². The summed E-state index contributed by atoms with van der Waals surface area (Å²) in [7, 11) is 0. The molecule has 15 aromatic heterocycles. The van der Waals surface area contributed by atoms with E-state index in [4.69, 9.17) is 0 Å². The summed E-state index contributed by atoms with van der Waals surface area (Å²) in [5.74, 6) is 0. The van der Waals surface area contributed by atoms with Gasteiger partial charge in [0.15, 0.2) is 0 Å². The fourth-order valence-electron chi connectivity index (χ4n) is 11.3. The van der Waals surface area contributed by atoms with Gasteiger partial charge in [0.1, 0.15) is 0 Å². The first-order chi connectivity index (χ1) is 57.2. The average Bonchev–Trinajstić information content (AvgIpc) is 0.931. The summed E-state index contributed by atoms with van der Waals surface area (Å²) in [5, 5.41) is 0. The molecule has 3 aromatic carbocycles. The molecular weight excluding hydrogens is 1440 g/mol. The molecule has 0 atom stereocenters. The maximum Gasteiger partial charge on any atom is 0.0888 e. The van der Waals surface area contributed by atoms with Crippen molar-refractivity contribution in [1.29, 1.82) is 0 Å². The van der Waals surface area contributed by atoms with Gasteiger partial charge in [-0.1, -0.05) is 109 Å². The Kier molecular flexibility index (Phi) is 33.7. The Morgan fingerprint density at radius 2 is 0.444 bits per heavy atom. The standard InChI is InChI=1S/3C12H11N.6C11H10N2/c1-10-7-12(9-13-8-10)11-5-3-2-4-6-11;1-10-9-12(7-8-13-10)11-5-3-2-4-6-11;1-10-7-8-13-12(9-10)11-5-3-2-4-6-11;1-9-2-7-13-11(8-9)10-3-5-12-6-4-10;1-9-6-11(8-13-7-9)10-2-4-12-5-3-10;1-9-4-6-13-11(7-9)10-3-2-5-12-8-10;1-9-5-11(8-13-6-9)10-3-2-4-12-7-10;1-9-5-7-13-11(8-9)10-4-2-3-6-12-10;1-9-6-10(8-12-7-9)11-4-2-3-5-13-11/h3*2-9H,1H3;6*2-8H,1H3. The summed E-state index contributed by atoms with van der Waals surface area (Å²) in [6.07, 6.45) is 41.9. The second-order valence-electron chi connectivity index (χ2n) is 27.0. The second-order valence-corrected chi connectivity index (χ2v) is 27.0. The Bertz CT molecular complexity index is 4710. The van der Waals surface area contributed by atoms with Crippen LogP contribution in [0.2, 0.25) is 0 Å². The normalized spacial score (nSPS) is 9.92. The van der Waals surface area contributed by atoms with Crippen molar-refractivity contribution in [1.82, 2.24) is 74.8 Å². The number of benzene rings is 3. The lowest BCUT2D eigenvalue weighted by molar-refractivity contribution is 1.20. The van der Waals surface area contributed by atoms with Gasteiger partial charge in [0.25, 0.3) is 0 Å². The van der Waals surface area contributed by atoms with Gasteiger partial charge in [0.05, 0.1) is 34.2 Å². The number of nitrogens with zero attached hydrogens (tertiary/aromatic N) is 15. The smallest absolute Gasteiger partial charge is 0.0888 e. The summed E-state index contributed by atoms with van der Waals surface area (Å²) < 4.78 is 0. The highest BCUT2D eigenvalue weighted by Gasteiger charge is 2.05. The number of hydrogen-bond acceptors (Lipinski definition) is 15. The molecule has 18 rings (SSSR count). The van der Waals surface area contributed by atoms with Gasteiger partial charge < -0.3 is 0 Å². The summed E-state index contributed by atoms with van der Waals surface area (Å²) >= 11 is 0. The molecule has 18 aromatic rings. The molecule has 0 aliphatic rings. The van der Waals surface area contributed by atoms with Gasteiger partial charge in [-0.3, -0.25) is 74.8 Å². The van der Waals surface area contributed by atoms with Gasteiger partial charge in [-0.25, -0.2) is 0 Å². The van der Waals surface area contributed by atoms with E-state index in [1.54, 1.807) is 55.8 Å². The summed E-state index contributed by atoms with van der Waals surface area (Å²) in [5.41, 5.74) is 30.3. The van der Waals surface area contributed by atoms with Crippen LogP contribution in [0.3, 0.4) is 0 Å². The number of hydrogen-bond donors (Lipinski definition) is 0. The maximum absolute atomic E-state index is 4.31. The molecule has 15 heterocycles. The highest BCUT2D eigenvalue weighted by atomic mass is 14.8. The van der Waals surface area contributed by atoms with Crippen LogP contribution < -0.4 is 0 Å². The van der Waals surface area contributed by atoms with E-state index in [2.05, 4.69) is 187 Å². The van der Waals surface area contributed by atoms with Crippen molar-refractivity contribution in [3.8, 4) is 101 Å². The molecule has 0 amide bonds. The van der Waals surface area contributed by atoms with Crippen LogP contribution in [0, 0.1) is 62.3 Å². The molecule has 117 heavy (non-hydrogen) atoms. The minimum atomic E-state index is 0.922. The zero-order valence-corrected chi connectivity index (χ0v) is 67.3. The van der Waals surface area contributed by atoms with Gasteiger partial charge in [-0.05, 0) is 281 Å².